The summed E-state index contributed by atoms with van der Waals surface area (Å²) in [5.41, 5.74) is 2.34. The molecule has 1 N–H and O–H groups in total. The first kappa shape index (κ1) is 15.5. The number of aliphatic carboxylic acids is 1. The predicted octanol–water partition coefficient (Wildman–Crippen LogP) is 2.99. The Bertz CT molecular complexity index is 505. The van der Waals surface area contributed by atoms with Crippen LogP contribution in [0.25, 0.3) is 0 Å². The molecular formula is C17H23NO3. The number of rotatable bonds is 7. The Kier molecular flexibility index (Phi) is 4.99. The second kappa shape index (κ2) is 6.74. The van der Waals surface area contributed by atoms with E-state index >= 15 is 0 Å². The van der Waals surface area contributed by atoms with Crippen LogP contribution in [-0.4, -0.2) is 27.9 Å². The van der Waals surface area contributed by atoms with Crippen molar-refractivity contribution in [3.63, 3.8) is 0 Å². The fourth-order valence-corrected chi connectivity index (χ4v) is 2.48. The zero-order chi connectivity index (χ0) is 15.4. The topological polar surface area (TPSA) is 57.6 Å². The fraction of sp³-hybridized carbons (Fsp3) is 0.529. The highest BCUT2D eigenvalue weighted by Gasteiger charge is 2.33. The zero-order valence-corrected chi connectivity index (χ0v) is 12.7. The molecule has 0 heterocycles. The van der Waals surface area contributed by atoms with Crippen LogP contribution >= 0.6 is 0 Å². The van der Waals surface area contributed by atoms with Gasteiger partial charge in [0.2, 0.25) is 5.91 Å². The molecule has 0 aromatic heterocycles. The van der Waals surface area contributed by atoms with E-state index in [1.54, 1.807) is 0 Å². The molecule has 1 atom stereocenters. The highest BCUT2D eigenvalue weighted by molar-refractivity contribution is 5.78. The summed E-state index contributed by atoms with van der Waals surface area (Å²) in [5.74, 6) is -0.882. The number of carboxylic acid groups (broad SMARTS) is 1. The van der Waals surface area contributed by atoms with Crippen molar-refractivity contribution in [3.05, 3.63) is 35.4 Å². The minimum absolute atomic E-state index is 0.0504. The summed E-state index contributed by atoms with van der Waals surface area (Å²) in [4.78, 5) is 25.0. The third kappa shape index (κ3) is 4.88. The molecule has 1 amide bonds. The molecule has 0 saturated heterocycles. The maximum atomic E-state index is 12.4. The normalized spacial score (nSPS) is 15.5. The van der Waals surface area contributed by atoms with Gasteiger partial charge in [0.05, 0.1) is 0 Å². The number of carbonyl (C=O) groups excluding carboxylic acids is 1. The van der Waals surface area contributed by atoms with Crippen LogP contribution < -0.4 is 0 Å². The predicted molar refractivity (Wildman–Crippen MR) is 80.8 cm³/mol. The summed E-state index contributed by atoms with van der Waals surface area (Å²) >= 11 is 0. The van der Waals surface area contributed by atoms with Crippen LogP contribution in [0.4, 0.5) is 0 Å². The van der Waals surface area contributed by atoms with E-state index in [9.17, 15) is 9.59 Å². The minimum Gasteiger partial charge on any atom is -0.481 e. The minimum atomic E-state index is -0.841. The summed E-state index contributed by atoms with van der Waals surface area (Å²) in [5, 5.41) is 8.79. The summed E-state index contributed by atoms with van der Waals surface area (Å²) in [7, 11) is 0. The van der Waals surface area contributed by atoms with E-state index < -0.39 is 5.97 Å². The number of hydrogen-bond acceptors (Lipinski definition) is 2. The largest absolute Gasteiger partial charge is 0.481 e. The lowest BCUT2D eigenvalue weighted by molar-refractivity contribution is -0.138. The first-order chi connectivity index (χ1) is 9.95. The van der Waals surface area contributed by atoms with Crippen LogP contribution in [-0.2, 0) is 16.1 Å². The van der Waals surface area contributed by atoms with Gasteiger partial charge in [0.1, 0.15) is 0 Å². The Labute approximate surface area is 125 Å². The van der Waals surface area contributed by atoms with Gasteiger partial charge in [0, 0.05) is 25.4 Å². The number of amides is 1. The molecule has 0 aliphatic heterocycles. The van der Waals surface area contributed by atoms with E-state index in [4.69, 9.17) is 5.11 Å². The highest BCUT2D eigenvalue weighted by atomic mass is 16.4. The van der Waals surface area contributed by atoms with Crippen molar-refractivity contribution >= 4 is 11.9 Å². The Balaban J connectivity index is 1.96. The van der Waals surface area contributed by atoms with Crippen molar-refractivity contribution in [1.29, 1.82) is 0 Å². The molecule has 1 unspecified atom stereocenters. The summed E-state index contributed by atoms with van der Waals surface area (Å²) < 4.78 is 0. The van der Waals surface area contributed by atoms with Crippen LogP contribution in [0.2, 0.25) is 0 Å². The summed E-state index contributed by atoms with van der Waals surface area (Å²) in [6.45, 7) is 4.49. The Hall–Kier alpha value is -1.84. The van der Waals surface area contributed by atoms with Crippen molar-refractivity contribution in [3.8, 4) is 0 Å². The zero-order valence-electron chi connectivity index (χ0n) is 12.7. The van der Waals surface area contributed by atoms with Crippen molar-refractivity contribution < 1.29 is 14.7 Å². The Morgan fingerprint density at radius 3 is 2.38 bits per heavy atom. The molecule has 0 spiro atoms. The number of nitrogens with zero attached hydrogens (tertiary/aromatic N) is 1. The molecule has 0 radical (unpaired) electrons. The Morgan fingerprint density at radius 2 is 1.86 bits per heavy atom. The van der Waals surface area contributed by atoms with Crippen LogP contribution in [0, 0.1) is 12.8 Å². The van der Waals surface area contributed by atoms with E-state index in [0.717, 1.165) is 18.4 Å². The lowest BCUT2D eigenvalue weighted by Gasteiger charge is -2.24. The molecular weight excluding hydrogens is 266 g/mol. The maximum absolute atomic E-state index is 12.4. The van der Waals surface area contributed by atoms with Crippen molar-refractivity contribution in [2.24, 2.45) is 5.92 Å². The fourth-order valence-electron chi connectivity index (χ4n) is 2.48. The average Bonchev–Trinajstić information content (AvgIpc) is 3.21. The number of carboxylic acids is 1. The lowest BCUT2D eigenvalue weighted by Crippen LogP contribution is -2.33. The van der Waals surface area contributed by atoms with Crippen molar-refractivity contribution in [2.75, 3.05) is 0 Å². The smallest absolute Gasteiger partial charge is 0.303 e. The molecule has 1 aromatic rings. The van der Waals surface area contributed by atoms with Crippen LogP contribution in [0.3, 0.4) is 0 Å². The molecule has 1 saturated carbocycles. The van der Waals surface area contributed by atoms with Gasteiger partial charge in [0.15, 0.2) is 0 Å². The molecule has 4 nitrogen and oxygen atoms in total. The summed E-state index contributed by atoms with van der Waals surface area (Å²) in [6, 6.07) is 8.56. The van der Waals surface area contributed by atoms with Crippen molar-refractivity contribution in [1.82, 2.24) is 4.90 Å². The highest BCUT2D eigenvalue weighted by Crippen LogP contribution is 2.29. The third-order valence-corrected chi connectivity index (χ3v) is 3.83. The van der Waals surface area contributed by atoms with E-state index in [2.05, 4.69) is 24.3 Å². The number of aryl methyl sites for hydroxylation is 1. The monoisotopic (exact) mass is 289 g/mol. The van der Waals surface area contributed by atoms with Gasteiger partial charge in [0.25, 0.3) is 0 Å². The quantitative estimate of drug-likeness (QED) is 0.839. The van der Waals surface area contributed by atoms with Crippen LogP contribution in [0.5, 0.6) is 0 Å². The molecule has 21 heavy (non-hydrogen) atoms. The van der Waals surface area contributed by atoms with E-state index in [1.165, 1.54) is 5.56 Å². The van der Waals surface area contributed by atoms with Gasteiger partial charge in [-0.05, 0) is 31.2 Å². The third-order valence-electron chi connectivity index (χ3n) is 3.83. The number of benzene rings is 1. The Morgan fingerprint density at radius 1 is 1.24 bits per heavy atom. The first-order valence-electron chi connectivity index (χ1n) is 7.52. The summed E-state index contributed by atoms with van der Waals surface area (Å²) in [6.07, 6.45) is 2.49. The standard InChI is InChI=1S/C17H23NO3/c1-12-3-5-14(6-4-12)11-18(15-7-8-15)16(19)9-13(2)10-17(20)21/h3-6,13,15H,7-11H2,1-2H3,(H,20,21). The van der Waals surface area contributed by atoms with Gasteiger partial charge in [-0.1, -0.05) is 36.8 Å². The molecule has 1 aliphatic rings. The number of carbonyl (C=O) groups is 2. The molecule has 1 fully saturated rings. The molecule has 1 aliphatic carbocycles. The first-order valence-corrected chi connectivity index (χ1v) is 7.52. The van der Waals surface area contributed by atoms with E-state index in [1.807, 2.05) is 18.7 Å². The van der Waals surface area contributed by atoms with Gasteiger partial charge in [-0.3, -0.25) is 9.59 Å². The second-order valence-corrected chi connectivity index (χ2v) is 6.15. The van der Waals surface area contributed by atoms with Gasteiger partial charge in [-0.2, -0.15) is 0 Å². The molecule has 0 bridgehead atoms. The molecule has 4 heteroatoms. The average molecular weight is 289 g/mol. The van der Waals surface area contributed by atoms with Crippen LogP contribution in [0.1, 0.15) is 43.7 Å². The molecule has 114 valence electrons. The molecule has 1 aromatic carbocycles. The van der Waals surface area contributed by atoms with E-state index in [-0.39, 0.29) is 18.2 Å². The molecule has 2 rings (SSSR count). The van der Waals surface area contributed by atoms with Crippen molar-refractivity contribution in [2.45, 2.75) is 52.1 Å². The SMILES string of the molecule is Cc1ccc(CN(C(=O)CC(C)CC(=O)O)C2CC2)cc1. The van der Waals surface area contributed by atoms with Gasteiger partial charge in [-0.25, -0.2) is 0 Å². The van der Waals surface area contributed by atoms with Crippen LogP contribution in [0.15, 0.2) is 24.3 Å². The van der Waals surface area contributed by atoms with E-state index in [0.29, 0.717) is 19.0 Å². The maximum Gasteiger partial charge on any atom is 0.303 e. The number of hydrogen-bond donors (Lipinski definition) is 1. The van der Waals surface area contributed by atoms with Gasteiger partial charge in [-0.15, -0.1) is 0 Å². The second-order valence-electron chi connectivity index (χ2n) is 6.15. The van der Waals surface area contributed by atoms with Gasteiger partial charge >= 0.3 is 5.97 Å². The van der Waals surface area contributed by atoms with Gasteiger partial charge < -0.3 is 10.0 Å². The lowest BCUT2D eigenvalue weighted by atomic mass is 10.0.